The summed E-state index contributed by atoms with van der Waals surface area (Å²) in [7, 11) is 0. The Morgan fingerprint density at radius 1 is 1.19 bits per heavy atom. The van der Waals surface area contributed by atoms with Gasteiger partial charge >= 0.3 is 0 Å². The van der Waals surface area contributed by atoms with Gasteiger partial charge in [-0.2, -0.15) is 0 Å². The predicted octanol–water partition coefficient (Wildman–Crippen LogP) is 3.89. The predicted molar refractivity (Wildman–Crippen MR) is 89.7 cm³/mol. The summed E-state index contributed by atoms with van der Waals surface area (Å²) in [4.78, 5) is 11.1. The second kappa shape index (κ2) is 7.18. The third-order valence-electron chi connectivity index (χ3n) is 3.44. The molecule has 2 heterocycles. The largest absolute Gasteiger partial charge is 0.490 e. The molecule has 0 N–H and O–H groups in total. The Kier molecular flexibility index (Phi) is 5.53. The Morgan fingerprint density at radius 2 is 1.90 bits per heavy atom. The summed E-state index contributed by atoms with van der Waals surface area (Å²) in [5.41, 5.74) is 1.65. The van der Waals surface area contributed by atoms with Crippen molar-refractivity contribution in [3.63, 3.8) is 0 Å². The number of hydrogen-bond donors (Lipinski definition) is 0. The number of aromatic nitrogens is 2. The molecule has 0 spiro atoms. The average molecular weight is 352 g/mol. The zero-order chi connectivity index (χ0) is 15.4. The normalized spacial score (nSPS) is 11.8. The van der Waals surface area contributed by atoms with Crippen molar-refractivity contribution in [1.82, 2.24) is 14.9 Å². The fourth-order valence-corrected chi connectivity index (χ4v) is 2.79. The first-order valence-corrected chi connectivity index (χ1v) is 8.07. The van der Waals surface area contributed by atoms with Crippen LogP contribution in [0.2, 0.25) is 0 Å². The highest BCUT2D eigenvalue weighted by Gasteiger charge is 2.13. The molecule has 0 aliphatic carbocycles. The number of nitrogens with zero attached hydrogens (tertiary/aromatic N) is 3. The van der Waals surface area contributed by atoms with Crippen molar-refractivity contribution >= 4 is 27.0 Å². The summed E-state index contributed by atoms with van der Waals surface area (Å²) in [6.45, 7) is 10.4. The van der Waals surface area contributed by atoms with Crippen molar-refractivity contribution in [2.75, 3.05) is 13.2 Å². The molecule has 114 valence electrons. The molecule has 0 aromatic carbocycles. The summed E-state index contributed by atoms with van der Waals surface area (Å²) in [6.07, 6.45) is 3.53. The van der Waals surface area contributed by atoms with Gasteiger partial charge in [0.15, 0.2) is 0 Å². The number of ether oxygens (including phenoxy) is 1. The molecular formula is C16H22BrN3O. The van der Waals surface area contributed by atoms with Crippen LogP contribution >= 0.6 is 15.9 Å². The molecule has 0 unspecified atom stereocenters. The van der Waals surface area contributed by atoms with Crippen molar-refractivity contribution in [2.45, 2.75) is 39.8 Å². The van der Waals surface area contributed by atoms with Crippen LogP contribution in [-0.2, 0) is 0 Å². The van der Waals surface area contributed by atoms with Crippen LogP contribution in [0, 0.1) is 0 Å². The highest BCUT2D eigenvalue weighted by Crippen LogP contribution is 2.23. The van der Waals surface area contributed by atoms with Gasteiger partial charge in [0.05, 0.1) is 5.52 Å². The summed E-state index contributed by atoms with van der Waals surface area (Å²) in [6, 6.07) is 4.84. The van der Waals surface area contributed by atoms with E-state index in [0.717, 1.165) is 27.8 Å². The van der Waals surface area contributed by atoms with Crippen molar-refractivity contribution < 1.29 is 4.74 Å². The lowest BCUT2D eigenvalue weighted by molar-refractivity contribution is 0.142. The summed E-state index contributed by atoms with van der Waals surface area (Å²) >= 11 is 3.41. The highest BCUT2D eigenvalue weighted by atomic mass is 79.9. The Labute approximate surface area is 134 Å². The number of rotatable bonds is 6. The van der Waals surface area contributed by atoms with E-state index in [4.69, 9.17) is 4.74 Å². The second-order valence-electron chi connectivity index (χ2n) is 5.60. The van der Waals surface area contributed by atoms with Gasteiger partial charge < -0.3 is 4.74 Å². The minimum absolute atomic E-state index is 0.511. The van der Waals surface area contributed by atoms with Gasteiger partial charge in [0.25, 0.3) is 0 Å². The Bertz CT molecular complexity index is 593. The molecule has 0 fully saturated rings. The van der Waals surface area contributed by atoms with Gasteiger partial charge in [0.1, 0.15) is 17.9 Å². The van der Waals surface area contributed by atoms with Crippen LogP contribution in [0.5, 0.6) is 5.75 Å². The van der Waals surface area contributed by atoms with E-state index >= 15 is 0 Å². The van der Waals surface area contributed by atoms with E-state index in [0.29, 0.717) is 18.7 Å². The van der Waals surface area contributed by atoms with Gasteiger partial charge in [-0.3, -0.25) is 9.88 Å². The van der Waals surface area contributed by atoms with Crippen molar-refractivity contribution in [2.24, 2.45) is 0 Å². The highest BCUT2D eigenvalue weighted by molar-refractivity contribution is 9.10. The van der Waals surface area contributed by atoms with Gasteiger partial charge in [-0.15, -0.1) is 0 Å². The van der Waals surface area contributed by atoms with Gasteiger partial charge in [-0.25, -0.2) is 4.98 Å². The quantitative estimate of drug-likeness (QED) is 0.791. The number of halogens is 1. The molecule has 2 rings (SSSR count). The fourth-order valence-electron chi connectivity index (χ4n) is 2.47. The molecule has 0 aliphatic heterocycles. The maximum atomic E-state index is 5.93. The number of pyridine rings is 2. The molecule has 4 nitrogen and oxygen atoms in total. The molecule has 0 bridgehead atoms. The summed E-state index contributed by atoms with van der Waals surface area (Å²) < 4.78 is 6.85. The van der Waals surface area contributed by atoms with Crippen LogP contribution in [0.4, 0.5) is 0 Å². The zero-order valence-electron chi connectivity index (χ0n) is 13.0. The minimum Gasteiger partial charge on any atom is -0.490 e. The molecule has 2 aromatic heterocycles. The lowest BCUT2D eigenvalue weighted by Gasteiger charge is -2.30. The van der Waals surface area contributed by atoms with Crippen molar-refractivity contribution in [1.29, 1.82) is 0 Å². The maximum absolute atomic E-state index is 5.93. The van der Waals surface area contributed by atoms with Crippen LogP contribution < -0.4 is 4.74 Å². The molecule has 0 atom stereocenters. The SMILES string of the molecule is CC(C)N(CCOc1ccnc2cc(Br)cnc12)C(C)C. The molecule has 21 heavy (non-hydrogen) atoms. The van der Waals surface area contributed by atoms with Gasteiger partial charge in [0, 0.05) is 41.6 Å². The molecule has 0 saturated carbocycles. The van der Waals surface area contributed by atoms with Crippen molar-refractivity contribution in [3.8, 4) is 5.75 Å². The van der Waals surface area contributed by atoms with Crippen LogP contribution in [0.25, 0.3) is 11.0 Å². The third-order valence-corrected chi connectivity index (χ3v) is 3.87. The Morgan fingerprint density at radius 3 is 2.57 bits per heavy atom. The van der Waals surface area contributed by atoms with Crippen LogP contribution in [-0.4, -0.2) is 40.1 Å². The zero-order valence-corrected chi connectivity index (χ0v) is 14.6. The first kappa shape index (κ1) is 16.2. The van der Waals surface area contributed by atoms with Crippen LogP contribution in [0.3, 0.4) is 0 Å². The van der Waals surface area contributed by atoms with Crippen LogP contribution in [0.15, 0.2) is 29.0 Å². The topological polar surface area (TPSA) is 38.2 Å². The molecule has 0 radical (unpaired) electrons. The van der Waals surface area contributed by atoms with Gasteiger partial charge in [0.2, 0.25) is 0 Å². The minimum atomic E-state index is 0.511. The maximum Gasteiger partial charge on any atom is 0.148 e. The third kappa shape index (κ3) is 4.14. The molecule has 5 heteroatoms. The number of fused-ring (bicyclic) bond motifs is 1. The smallest absolute Gasteiger partial charge is 0.148 e. The standard InChI is InChI=1S/C16H22BrN3O/c1-11(2)20(12(3)4)7-8-21-15-5-6-18-14-9-13(17)10-19-16(14)15/h5-6,9-12H,7-8H2,1-4H3. The lowest BCUT2D eigenvalue weighted by Crippen LogP contribution is -2.39. The first-order chi connectivity index (χ1) is 9.99. The van der Waals surface area contributed by atoms with Crippen LogP contribution in [0.1, 0.15) is 27.7 Å². The number of hydrogen-bond acceptors (Lipinski definition) is 4. The summed E-state index contributed by atoms with van der Waals surface area (Å²) in [5.74, 6) is 0.792. The average Bonchev–Trinajstić information content (AvgIpc) is 2.42. The first-order valence-electron chi connectivity index (χ1n) is 7.28. The van der Waals surface area contributed by atoms with E-state index in [2.05, 4.69) is 58.5 Å². The Hall–Kier alpha value is -1.20. The second-order valence-corrected chi connectivity index (χ2v) is 6.52. The molecule has 0 aliphatic rings. The molecule has 0 amide bonds. The van der Waals surface area contributed by atoms with E-state index in [1.165, 1.54) is 0 Å². The Balaban J connectivity index is 2.07. The molecule has 0 saturated heterocycles. The fraction of sp³-hybridized carbons (Fsp3) is 0.500. The van der Waals surface area contributed by atoms with E-state index in [1.807, 2.05) is 12.1 Å². The van der Waals surface area contributed by atoms with Crippen molar-refractivity contribution in [3.05, 3.63) is 29.0 Å². The van der Waals surface area contributed by atoms with Gasteiger partial charge in [-0.1, -0.05) is 0 Å². The molecule has 2 aromatic rings. The van der Waals surface area contributed by atoms with E-state index in [9.17, 15) is 0 Å². The monoisotopic (exact) mass is 351 g/mol. The summed E-state index contributed by atoms with van der Waals surface area (Å²) in [5, 5.41) is 0. The van der Waals surface area contributed by atoms with E-state index in [-0.39, 0.29) is 0 Å². The van der Waals surface area contributed by atoms with E-state index in [1.54, 1.807) is 12.4 Å². The van der Waals surface area contributed by atoms with Gasteiger partial charge in [-0.05, 0) is 49.7 Å². The van der Waals surface area contributed by atoms with E-state index < -0.39 is 0 Å². The lowest BCUT2D eigenvalue weighted by atomic mass is 10.2. The molecular weight excluding hydrogens is 330 g/mol.